The maximum Gasteiger partial charge on any atom is 0.191 e. The predicted molar refractivity (Wildman–Crippen MR) is 109 cm³/mol. The highest BCUT2D eigenvalue weighted by Gasteiger charge is 2.08. The smallest absolute Gasteiger partial charge is 0.191 e. The number of rotatable bonds is 7. The molecule has 0 saturated heterocycles. The van der Waals surface area contributed by atoms with Crippen molar-refractivity contribution >= 4 is 41.3 Å². The van der Waals surface area contributed by atoms with Crippen molar-refractivity contribution in [3.63, 3.8) is 0 Å². The average molecular weight is 463 g/mol. The second kappa shape index (κ2) is 11.2. The maximum atomic E-state index is 13.6. The van der Waals surface area contributed by atoms with Crippen molar-refractivity contribution in [1.29, 1.82) is 0 Å². The first-order valence-corrected chi connectivity index (χ1v) is 8.52. The van der Waals surface area contributed by atoms with Crippen molar-refractivity contribution < 1.29 is 9.13 Å². The number of thiophene rings is 1. The predicted octanol–water partition coefficient (Wildman–Crippen LogP) is 4.03. The summed E-state index contributed by atoms with van der Waals surface area (Å²) in [7, 11) is 0. The van der Waals surface area contributed by atoms with E-state index in [9.17, 15) is 4.39 Å². The van der Waals surface area contributed by atoms with Crippen molar-refractivity contribution in [3.8, 4) is 5.75 Å². The molecule has 0 aliphatic carbocycles. The third-order valence-corrected chi connectivity index (χ3v) is 3.90. The number of halogens is 2. The summed E-state index contributed by atoms with van der Waals surface area (Å²) in [6, 6.07) is 10.5. The molecule has 0 fully saturated rings. The minimum atomic E-state index is -0.349. The molecule has 1 heterocycles. The maximum absolute atomic E-state index is 13.6. The average Bonchev–Trinajstić information content (AvgIpc) is 3.06. The van der Waals surface area contributed by atoms with Crippen molar-refractivity contribution in [1.82, 2.24) is 10.6 Å². The van der Waals surface area contributed by atoms with Gasteiger partial charge in [0.15, 0.2) is 17.5 Å². The first-order valence-electron chi connectivity index (χ1n) is 7.64. The van der Waals surface area contributed by atoms with Crippen LogP contribution in [-0.2, 0) is 6.54 Å². The number of aliphatic imine (C=N–C) groups is 1. The van der Waals surface area contributed by atoms with Gasteiger partial charge in [-0.3, -0.25) is 0 Å². The highest BCUT2D eigenvalue weighted by atomic mass is 127. The van der Waals surface area contributed by atoms with E-state index in [1.807, 2.05) is 25.3 Å². The zero-order chi connectivity index (χ0) is 16.5. The molecule has 1 atom stereocenters. The van der Waals surface area contributed by atoms with E-state index in [2.05, 4.69) is 21.7 Å². The molecule has 0 bridgehead atoms. The van der Waals surface area contributed by atoms with E-state index in [1.54, 1.807) is 29.5 Å². The normalized spacial score (nSPS) is 12.2. The Bertz CT molecular complexity index is 622. The monoisotopic (exact) mass is 463 g/mol. The lowest BCUT2D eigenvalue weighted by molar-refractivity contribution is 0.214. The highest BCUT2D eigenvalue weighted by molar-refractivity contribution is 14.0. The summed E-state index contributed by atoms with van der Waals surface area (Å²) in [5.74, 6) is 0.643. The molecule has 0 saturated carbocycles. The van der Waals surface area contributed by atoms with Gasteiger partial charge >= 0.3 is 0 Å². The lowest BCUT2D eigenvalue weighted by Gasteiger charge is -2.18. The summed E-state index contributed by atoms with van der Waals surface area (Å²) in [5, 5.41) is 8.45. The van der Waals surface area contributed by atoms with E-state index >= 15 is 0 Å². The quantitative estimate of drug-likeness (QED) is 0.371. The molecule has 2 aromatic rings. The van der Waals surface area contributed by atoms with Crippen LogP contribution in [0.4, 0.5) is 4.39 Å². The van der Waals surface area contributed by atoms with Crippen LogP contribution in [0.1, 0.15) is 18.7 Å². The molecule has 0 amide bonds. The third-order valence-electron chi connectivity index (χ3n) is 3.04. The Morgan fingerprint density at radius 2 is 2.04 bits per heavy atom. The molecule has 2 rings (SSSR count). The molecule has 24 heavy (non-hydrogen) atoms. The summed E-state index contributed by atoms with van der Waals surface area (Å²) >= 11 is 1.68. The number of nitrogens with zero attached hydrogens (tertiary/aromatic N) is 1. The summed E-state index contributed by atoms with van der Waals surface area (Å²) < 4.78 is 19.2. The van der Waals surface area contributed by atoms with Gasteiger partial charge in [-0.2, -0.15) is 0 Å². The third kappa shape index (κ3) is 7.04. The van der Waals surface area contributed by atoms with Crippen molar-refractivity contribution in [2.75, 3.05) is 13.1 Å². The number of hydrogen-bond acceptors (Lipinski definition) is 3. The van der Waals surface area contributed by atoms with Gasteiger partial charge in [0.05, 0.1) is 13.1 Å². The molecule has 7 heteroatoms. The Balaban J connectivity index is 0.00000288. The van der Waals surface area contributed by atoms with Gasteiger partial charge < -0.3 is 15.4 Å². The topological polar surface area (TPSA) is 45.7 Å². The van der Waals surface area contributed by atoms with Crippen LogP contribution in [-0.4, -0.2) is 25.2 Å². The molecule has 0 aliphatic rings. The van der Waals surface area contributed by atoms with Crippen LogP contribution in [0, 0.1) is 5.82 Å². The summed E-state index contributed by atoms with van der Waals surface area (Å²) in [5.41, 5.74) is 0. The first kappa shape index (κ1) is 20.7. The minimum absolute atomic E-state index is 0. The Morgan fingerprint density at radius 3 is 2.71 bits per heavy atom. The van der Waals surface area contributed by atoms with E-state index in [4.69, 9.17) is 4.74 Å². The van der Waals surface area contributed by atoms with Crippen LogP contribution in [0.2, 0.25) is 0 Å². The van der Waals surface area contributed by atoms with E-state index < -0.39 is 0 Å². The van der Waals surface area contributed by atoms with Gasteiger partial charge in [-0.1, -0.05) is 18.2 Å². The lowest BCUT2D eigenvalue weighted by atomic mass is 10.3. The molecule has 132 valence electrons. The van der Waals surface area contributed by atoms with Crippen LogP contribution in [0.15, 0.2) is 46.8 Å². The van der Waals surface area contributed by atoms with Crippen LogP contribution < -0.4 is 15.4 Å². The highest BCUT2D eigenvalue weighted by Crippen LogP contribution is 2.16. The number of nitrogens with one attached hydrogen (secondary N) is 2. The van der Waals surface area contributed by atoms with Crippen LogP contribution in [0.25, 0.3) is 0 Å². The molecule has 1 aromatic heterocycles. The Kier molecular flexibility index (Phi) is 9.70. The zero-order valence-corrected chi connectivity index (χ0v) is 16.9. The number of para-hydroxylation sites is 1. The number of benzene rings is 1. The number of hydrogen-bond donors (Lipinski definition) is 2. The van der Waals surface area contributed by atoms with Crippen LogP contribution >= 0.6 is 35.3 Å². The number of ether oxygens (including phenoxy) is 1. The van der Waals surface area contributed by atoms with E-state index in [0.29, 0.717) is 13.1 Å². The van der Waals surface area contributed by atoms with Crippen molar-refractivity contribution in [2.24, 2.45) is 4.99 Å². The molecule has 1 unspecified atom stereocenters. The van der Waals surface area contributed by atoms with Crippen molar-refractivity contribution in [2.45, 2.75) is 26.5 Å². The van der Waals surface area contributed by atoms with Crippen LogP contribution in [0.5, 0.6) is 5.75 Å². The second-order valence-corrected chi connectivity index (χ2v) is 6.05. The first-order chi connectivity index (χ1) is 11.2. The van der Waals surface area contributed by atoms with Gasteiger partial charge in [-0.15, -0.1) is 35.3 Å². The zero-order valence-electron chi connectivity index (χ0n) is 13.8. The molecular formula is C17H23FIN3OS. The molecular weight excluding hydrogens is 440 g/mol. The Hall–Kier alpha value is -1.35. The molecule has 4 nitrogen and oxygen atoms in total. The summed E-state index contributed by atoms with van der Waals surface area (Å²) in [6.07, 6.45) is -0.183. The molecule has 2 N–H and O–H groups in total. The van der Waals surface area contributed by atoms with Gasteiger partial charge in [0.25, 0.3) is 0 Å². The minimum Gasteiger partial charge on any atom is -0.486 e. The lowest BCUT2D eigenvalue weighted by Crippen LogP contribution is -2.41. The molecule has 1 aromatic carbocycles. The van der Waals surface area contributed by atoms with E-state index in [0.717, 1.165) is 12.5 Å². The van der Waals surface area contributed by atoms with Gasteiger partial charge in [0.2, 0.25) is 0 Å². The fourth-order valence-corrected chi connectivity index (χ4v) is 2.57. The van der Waals surface area contributed by atoms with Gasteiger partial charge in [-0.05, 0) is 37.4 Å². The largest absolute Gasteiger partial charge is 0.486 e. The Morgan fingerprint density at radius 1 is 1.25 bits per heavy atom. The molecule has 0 spiro atoms. The standard InChI is InChI=1S/C17H22FN3OS.HI/c1-3-19-17(21-12-14-7-6-10-23-14)20-11-13(2)22-16-9-5-4-8-15(16)18;/h4-10,13H,3,11-12H2,1-2H3,(H2,19,20,21);1H. The van der Waals surface area contributed by atoms with Gasteiger partial charge in [0.1, 0.15) is 6.10 Å². The van der Waals surface area contributed by atoms with Gasteiger partial charge in [0, 0.05) is 11.4 Å². The summed E-state index contributed by atoms with van der Waals surface area (Å²) in [4.78, 5) is 5.73. The summed E-state index contributed by atoms with van der Waals surface area (Å²) in [6.45, 7) is 5.85. The Labute approximate surface area is 163 Å². The van der Waals surface area contributed by atoms with Crippen LogP contribution in [0.3, 0.4) is 0 Å². The van der Waals surface area contributed by atoms with E-state index in [1.165, 1.54) is 10.9 Å². The van der Waals surface area contributed by atoms with E-state index in [-0.39, 0.29) is 41.6 Å². The molecule has 0 aliphatic heterocycles. The number of guanidine groups is 1. The fraction of sp³-hybridized carbons (Fsp3) is 0.353. The fourth-order valence-electron chi connectivity index (χ4n) is 1.94. The van der Waals surface area contributed by atoms with Gasteiger partial charge in [-0.25, -0.2) is 9.38 Å². The SMILES string of the molecule is CCNC(=NCc1cccs1)NCC(C)Oc1ccccc1F.I. The molecule has 0 radical (unpaired) electrons. The second-order valence-electron chi connectivity index (χ2n) is 5.01. The van der Waals surface area contributed by atoms with Crippen molar-refractivity contribution in [3.05, 3.63) is 52.5 Å².